The zero-order valence-electron chi connectivity index (χ0n) is 15.0. The molecule has 1 saturated heterocycles. The topological polar surface area (TPSA) is 62.4 Å². The number of imide groups is 1. The molecule has 1 aromatic carbocycles. The third kappa shape index (κ3) is 2.03. The van der Waals surface area contributed by atoms with Gasteiger partial charge >= 0.3 is 0 Å². The number of ether oxygens (including phenoxy) is 1. The number of benzene rings is 1. The Kier molecular flexibility index (Phi) is 3.30. The number of aromatic nitrogens is 1. The van der Waals surface area contributed by atoms with E-state index < -0.39 is 0 Å². The molecule has 4 atom stereocenters. The first kappa shape index (κ1) is 15.7. The number of hydrogen-bond acceptors (Lipinski definition) is 3. The number of methoxy groups -OCH3 is 1. The number of hydrogen-bond donors (Lipinski definition) is 1. The lowest BCUT2D eigenvalue weighted by molar-refractivity contribution is -0.140. The number of amides is 2. The van der Waals surface area contributed by atoms with E-state index in [4.69, 9.17) is 4.74 Å². The smallest absolute Gasteiger partial charge is 0.233 e. The van der Waals surface area contributed by atoms with Gasteiger partial charge in [0.1, 0.15) is 5.75 Å². The van der Waals surface area contributed by atoms with Crippen LogP contribution in [0.15, 0.2) is 30.4 Å². The minimum atomic E-state index is -0.110. The van der Waals surface area contributed by atoms with Crippen LogP contribution in [-0.2, 0) is 16.0 Å². The molecule has 2 fully saturated rings. The van der Waals surface area contributed by atoms with Crippen molar-refractivity contribution in [1.29, 1.82) is 0 Å². The highest BCUT2D eigenvalue weighted by molar-refractivity contribution is 6.06. The molecule has 134 valence electrons. The summed E-state index contributed by atoms with van der Waals surface area (Å²) in [4.78, 5) is 30.6. The van der Waals surface area contributed by atoms with Crippen molar-refractivity contribution < 1.29 is 14.3 Å². The lowest BCUT2D eigenvalue weighted by Gasteiger charge is -2.17. The fourth-order valence-electron chi connectivity index (χ4n) is 5.22. The quantitative estimate of drug-likeness (QED) is 0.681. The maximum Gasteiger partial charge on any atom is 0.233 e. The fraction of sp³-hybridized carbons (Fsp3) is 0.429. The normalized spacial score (nSPS) is 29.2. The molecule has 2 aliphatic carbocycles. The third-order valence-corrected chi connectivity index (χ3v) is 6.47. The number of nitrogens with zero attached hydrogens (tertiary/aromatic N) is 1. The number of fused-ring (bicyclic) bond motifs is 6. The summed E-state index contributed by atoms with van der Waals surface area (Å²) in [5.41, 5.74) is 3.28. The van der Waals surface area contributed by atoms with Crippen LogP contribution in [0.3, 0.4) is 0 Å². The third-order valence-electron chi connectivity index (χ3n) is 6.47. The highest BCUT2D eigenvalue weighted by Gasteiger charge is 2.58. The number of allylic oxidation sites excluding steroid dienone is 2. The van der Waals surface area contributed by atoms with Crippen molar-refractivity contribution in [3.8, 4) is 5.75 Å². The van der Waals surface area contributed by atoms with E-state index in [-0.39, 0.29) is 35.5 Å². The van der Waals surface area contributed by atoms with Crippen LogP contribution < -0.4 is 4.74 Å². The second kappa shape index (κ2) is 5.47. The summed E-state index contributed by atoms with van der Waals surface area (Å²) in [6, 6.07) is 5.95. The number of rotatable bonds is 4. The Labute approximate surface area is 152 Å². The summed E-state index contributed by atoms with van der Waals surface area (Å²) >= 11 is 0. The average Bonchev–Trinajstić information content (AvgIpc) is 3.37. The first-order valence-electron chi connectivity index (χ1n) is 9.27. The van der Waals surface area contributed by atoms with Crippen LogP contribution in [0.5, 0.6) is 5.75 Å². The predicted octanol–water partition coefficient (Wildman–Crippen LogP) is 2.83. The maximum absolute atomic E-state index is 12.8. The minimum absolute atomic E-state index is 0.0342. The lowest BCUT2D eigenvalue weighted by atomic mass is 9.85. The molecule has 1 saturated carbocycles. The van der Waals surface area contributed by atoms with Crippen molar-refractivity contribution in [3.05, 3.63) is 41.6 Å². The van der Waals surface area contributed by atoms with Crippen molar-refractivity contribution in [3.63, 3.8) is 0 Å². The summed E-state index contributed by atoms with van der Waals surface area (Å²) < 4.78 is 5.34. The van der Waals surface area contributed by atoms with Gasteiger partial charge in [-0.1, -0.05) is 12.2 Å². The van der Waals surface area contributed by atoms with Crippen LogP contribution in [0, 0.1) is 30.6 Å². The Balaban J connectivity index is 1.40. The molecular weight excluding hydrogens is 328 g/mol. The van der Waals surface area contributed by atoms with Gasteiger partial charge in [-0.2, -0.15) is 0 Å². The number of carbonyl (C=O) groups excluding carboxylic acids is 2. The van der Waals surface area contributed by atoms with Crippen molar-refractivity contribution in [2.75, 3.05) is 13.7 Å². The molecule has 3 aliphatic rings. The zero-order valence-corrected chi connectivity index (χ0v) is 15.0. The van der Waals surface area contributed by atoms with Gasteiger partial charge in [0, 0.05) is 23.1 Å². The number of nitrogens with one attached hydrogen (secondary N) is 1. The van der Waals surface area contributed by atoms with E-state index in [2.05, 4.69) is 17.1 Å². The van der Waals surface area contributed by atoms with E-state index in [1.165, 1.54) is 4.90 Å². The molecule has 5 nitrogen and oxygen atoms in total. The van der Waals surface area contributed by atoms with Gasteiger partial charge < -0.3 is 9.72 Å². The number of aryl methyl sites for hydroxylation is 1. The molecular formula is C21H22N2O3. The number of H-pyrrole nitrogens is 1. The summed E-state index contributed by atoms with van der Waals surface area (Å²) in [7, 11) is 1.66. The standard InChI is InChI=1S/C21H22N2O3/c1-11-15(16-10-14(26-2)5-6-17(16)22-11)7-8-23-20(24)18-12-3-4-13(9-12)19(18)21(23)25/h3-6,10,12-13,18-19,22H,7-9H2,1-2H3/t12-,13+,18-,19-/m0/s1. The molecule has 1 N–H and O–H groups in total. The Bertz CT molecular complexity index is 928. The Morgan fingerprint density at radius 1 is 1.15 bits per heavy atom. The van der Waals surface area contributed by atoms with Crippen molar-refractivity contribution in [2.45, 2.75) is 19.8 Å². The minimum Gasteiger partial charge on any atom is -0.497 e. The second-order valence-corrected chi connectivity index (χ2v) is 7.72. The van der Waals surface area contributed by atoms with Crippen LogP contribution >= 0.6 is 0 Å². The number of aromatic amines is 1. The van der Waals surface area contributed by atoms with E-state index in [1.807, 2.05) is 25.1 Å². The van der Waals surface area contributed by atoms with E-state index in [0.29, 0.717) is 13.0 Å². The molecule has 5 heteroatoms. The first-order chi connectivity index (χ1) is 12.6. The predicted molar refractivity (Wildman–Crippen MR) is 97.7 cm³/mol. The second-order valence-electron chi connectivity index (χ2n) is 7.72. The molecule has 2 amide bonds. The van der Waals surface area contributed by atoms with Crippen LogP contribution in [0.2, 0.25) is 0 Å². The maximum atomic E-state index is 12.8. The molecule has 5 rings (SSSR count). The average molecular weight is 350 g/mol. The highest BCUT2D eigenvalue weighted by atomic mass is 16.5. The van der Waals surface area contributed by atoms with Crippen molar-refractivity contribution in [2.24, 2.45) is 23.7 Å². The molecule has 0 radical (unpaired) electrons. The van der Waals surface area contributed by atoms with Crippen molar-refractivity contribution >= 4 is 22.7 Å². The fourth-order valence-corrected chi connectivity index (χ4v) is 5.22. The Morgan fingerprint density at radius 3 is 2.50 bits per heavy atom. The SMILES string of the molecule is COc1ccc2[nH]c(C)c(CCN3C(=O)[C@@H]4[C@@H](C3=O)[C@H]3C=C[C@@H]4C3)c2c1. The van der Waals surface area contributed by atoms with E-state index >= 15 is 0 Å². The van der Waals surface area contributed by atoms with E-state index in [9.17, 15) is 9.59 Å². The van der Waals surface area contributed by atoms with Gasteiger partial charge in [-0.25, -0.2) is 0 Å². The molecule has 0 spiro atoms. The summed E-state index contributed by atoms with van der Waals surface area (Å²) in [6.07, 6.45) is 5.91. The van der Waals surface area contributed by atoms with Crippen LogP contribution in [-0.4, -0.2) is 35.4 Å². The molecule has 2 heterocycles. The summed E-state index contributed by atoms with van der Waals surface area (Å²) in [5.74, 6) is 1.20. The lowest BCUT2D eigenvalue weighted by Crippen LogP contribution is -2.34. The molecule has 0 unspecified atom stereocenters. The van der Waals surface area contributed by atoms with Crippen LogP contribution in [0.4, 0.5) is 0 Å². The molecule has 1 aliphatic heterocycles. The Hall–Kier alpha value is -2.56. The monoisotopic (exact) mass is 350 g/mol. The van der Waals surface area contributed by atoms with Crippen molar-refractivity contribution in [1.82, 2.24) is 9.88 Å². The molecule has 26 heavy (non-hydrogen) atoms. The number of likely N-dealkylation sites (tertiary alicyclic amines) is 1. The van der Waals surface area contributed by atoms with Crippen LogP contribution in [0.25, 0.3) is 10.9 Å². The van der Waals surface area contributed by atoms with E-state index in [1.54, 1.807) is 7.11 Å². The van der Waals surface area contributed by atoms with Gasteiger partial charge in [-0.15, -0.1) is 0 Å². The zero-order chi connectivity index (χ0) is 18.0. The van der Waals surface area contributed by atoms with Gasteiger partial charge in [-0.05, 0) is 55.4 Å². The Morgan fingerprint density at radius 2 is 1.85 bits per heavy atom. The molecule has 2 bridgehead atoms. The van der Waals surface area contributed by atoms with Gasteiger partial charge in [0.2, 0.25) is 11.8 Å². The molecule has 2 aromatic rings. The summed E-state index contributed by atoms with van der Waals surface area (Å²) in [5, 5.41) is 1.10. The molecule has 1 aromatic heterocycles. The van der Waals surface area contributed by atoms with Gasteiger partial charge in [0.25, 0.3) is 0 Å². The van der Waals surface area contributed by atoms with E-state index in [0.717, 1.165) is 34.3 Å². The first-order valence-corrected chi connectivity index (χ1v) is 9.27. The van der Waals surface area contributed by atoms with Gasteiger partial charge in [0.15, 0.2) is 0 Å². The van der Waals surface area contributed by atoms with Gasteiger partial charge in [0.05, 0.1) is 18.9 Å². The number of carbonyl (C=O) groups is 2. The highest BCUT2D eigenvalue weighted by Crippen LogP contribution is 2.52. The van der Waals surface area contributed by atoms with Gasteiger partial charge in [-0.3, -0.25) is 14.5 Å². The van der Waals surface area contributed by atoms with Crippen LogP contribution in [0.1, 0.15) is 17.7 Å². The largest absolute Gasteiger partial charge is 0.497 e. The summed E-state index contributed by atoms with van der Waals surface area (Å²) in [6.45, 7) is 2.49.